The number of carboxylic acid groups (broad SMARTS) is 2. The molecule has 0 heterocycles. The van der Waals surface area contributed by atoms with Crippen LogP contribution in [0.1, 0.15) is 19.3 Å². The van der Waals surface area contributed by atoms with Crippen LogP contribution in [0.3, 0.4) is 0 Å². The number of nitrogens with two attached hydrogens (primary N) is 6. The second-order valence-corrected chi connectivity index (χ2v) is 5.87. The summed E-state index contributed by atoms with van der Waals surface area (Å²) < 4.78 is 8.33. The second-order valence-electron chi connectivity index (χ2n) is 5.87. The molecule has 0 amide bonds. The Labute approximate surface area is 156 Å². The van der Waals surface area contributed by atoms with Crippen molar-refractivity contribution in [1.82, 2.24) is 0 Å². The van der Waals surface area contributed by atoms with Gasteiger partial charge in [0.1, 0.15) is 0 Å². The molecule has 0 saturated heterocycles. The van der Waals surface area contributed by atoms with Crippen LogP contribution >= 0.6 is 0 Å². The van der Waals surface area contributed by atoms with E-state index in [1.165, 1.54) is 0 Å². The summed E-state index contributed by atoms with van der Waals surface area (Å²) >= 11 is 0. The molecule has 0 unspecified atom stereocenters. The number of esters is 4. The Morgan fingerprint density at radius 1 is 0.571 bits per heavy atom. The van der Waals surface area contributed by atoms with Crippen LogP contribution in [0.5, 0.6) is 0 Å². The smallest absolute Gasteiger partial charge is 0.349 e. The summed E-state index contributed by atoms with van der Waals surface area (Å²) in [5.41, 5.74) is 23.2. The Hall–Kier alpha value is -3.02. The third-order valence-electron chi connectivity index (χ3n) is 2.92. The minimum absolute atomic E-state index is 1.11. The first kappa shape index (κ1) is 25.0. The summed E-state index contributed by atoms with van der Waals surface area (Å²) in [4.78, 5) is 67.6. The van der Waals surface area contributed by atoms with E-state index in [4.69, 9.17) is 44.6 Å². The fourth-order valence-corrected chi connectivity index (χ4v) is 1.37. The molecule has 0 aliphatic heterocycles. The highest BCUT2D eigenvalue weighted by atomic mass is 16.6. The van der Waals surface area contributed by atoms with Gasteiger partial charge >= 0.3 is 35.8 Å². The molecule has 0 aromatic heterocycles. The van der Waals surface area contributed by atoms with E-state index in [1.807, 2.05) is 0 Å². The number of carboxylic acids is 2. The molecule has 0 aliphatic rings. The summed E-state index contributed by atoms with van der Waals surface area (Å²) in [5.74, 6) is -9.71. The van der Waals surface area contributed by atoms with E-state index in [0.717, 1.165) is 0 Å². The zero-order valence-electron chi connectivity index (χ0n) is 14.2. The molecule has 16 nitrogen and oxygen atoms in total. The van der Waals surface area contributed by atoms with Crippen LogP contribution in [0.4, 0.5) is 0 Å². The molecule has 0 fully saturated rings. The SMILES string of the molecule is NC(N)(CC(=O)OC(=O)CC(N)(N)C(=O)OC(=O)CC(N)(N)C(=O)O)C(=O)O. The van der Waals surface area contributed by atoms with E-state index in [0.29, 0.717) is 0 Å². The van der Waals surface area contributed by atoms with Gasteiger partial charge in [0.2, 0.25) is 0 Å². The number of aliphatic carboxylic acids is 2. The van der Waals surface area contributed by atoms with Gasteiger partial charge in [0.15, 0.2) is 17.0 Å². The van der Waals surface area contributed by atoms with Crippen molar-refractivity contribution in [1.29, 1.82) is 0 Å². The molecular weight excluding hydrogens is 388 g/mol. The predicted molar refractivity (Wildman–Crippen MR) is 84.6 cm³/mol. The molecule has 0 aliphatic carbocycles. The molecule has 0 radical (unpaired) electrons. The minimum Gasteiger partial charge on any atom is -0.479 e. The van der Waals surface area contributed by atoms with Crippen molar-refractivity contribution < 1.29 is 48.5 Å². The van der Waals surface area contributed by atoms with E-state index < -0.39 is 72.1 Å². The second kappa shape index (κ2) is 8.78. The Kier molecular flexibility index (Phi) is 7.83. The first-order chi connectivity index (χ1) is 12.4. The molecule has 0 bridgehead atoms. The fourth-order valence-electron chi connectivity index (χ4n) is 1.37. The molecule has 0 rings (SSSR count). The summed E-state index contributed by atoms with van der Waals surface area (Å²) in [6.45, 7) is 0. The molecule has 0 spiro atoms. The van der Waals surface area contributed by atoms with E-state index in [9.17, 15) is 28.8 Å². The van der Waals surface area contributed by atoms with Crippen LogP contribution in [-0.4, -0.2) is 63.0 Å². The van der Waals surface area contributed by atoms with E-state index >= 15 is 0 Å². The lowest BCUT2D eigenvalue weighted by Gasteiger charge is -2.22. The minimum atomic E-state index is -2.68. The molecule has 0 aromatic carbocycles. The van der Waals surface area contributed by atoms with E-state index in [1.54, 1.807) is 0 Å². The van der Waals surface area contributed by atoms with Crippen LogP contribution in [0, 0.1) is 0 Å². The lowest BCUT2D eigenvalue weighted by Crippen LogP contribution is -2.61. The van der Waals surface area contributed by atoms with Gasteiger partial charge < -0.3 is 54.1 Å². The molecule has 158 valence electrons. The van der Waals surface area contributed by atoms with Crippen molar-refractivity contribution in [3.05, 3.63) is 0 Å². The summed E-state index contributed by atoms with van der Waals surface area (Å²) in [5, 5.41) is 17.3. The van der Waals surface area contributed by atoms with Gasteiger partial charge in [-0.15, -0.1) is 0 Å². The van der Waals surface area contributed by atoms with Gasteiger partial charge in [-0.3, -0.25) is 14.4 Å². The highest BCUT2D eigenvalue weighted by molar-refractivity contribution is 5.96. The van der Waals surface area contributed by atoms with Gasteiger partial charge in [0, 0.05) is 0 Å². The number of ether oxygens (including phenoxy) is 2. The quantitative estimate of drug-likeness (QED) is 0.0999. The third-order valence-corrected chi connectivity index (χ3v) is 2.92. The predicted octanol–water partition coefficient (Wildman–Crippen LogP) is -5.69. The van der Waals surface area contributed by atoms with E-state index in [2.05, 4.69) is 9.47 Å². The lowest BCUT2D eigenvalue weighted by atomic mass is 10.1. The molecule has 0 atom stereocenters. The van der Waals surface area contributed by atoms with Gasteiger partial charge in [-0.2, -0.15) is 0 Å². The molecule has 16 heteroatoms. The summed E-state index contributed by atoms with van der Waals surface area (Å²) in [6, 6.07) is 0. The van der Waals surface area contributed by atoms with Crippen LogP contribution in [0.15, 0.2) is 0 Å². The molecule has 0 aromatic rings. The summed E-state index contributed by atoms with van der Waals surface area (Å²) in [6.07, 6.45) is -3.45. The van der Waals surface area contributed by atoms with Gasteiger partial charge in [-0.05, 0) is 0 Å². The number of rotatable bonds is 9. The normalized spacial score (nSPS) is 12.1. The zero-order valence-corrected chi connectivity index (χ0v) is 14.2. The maximum absolute atomic E-state index is 11.7. The van der Waals surface area contributed by atoms with Crippen molar-refractivity contribution in [2.24, 2.45) is 34.4 Å². The monoisotopic (exact) mass is 408 g/mol. The number of hydrogen-bond acceptors (Lipinski definition) is 14. The number of hydrogen-bond donors (Lipinski definition) is 8. The van der Waals surface area contributed by atoms with Gasteiger partial charge in [-0.1, -0.05) is 0 Å². The van der Waals surface area contributed by atoms with Crippen LogP contribution in [0.25, 0.3) is 0 Å². The van der Waals surface area contributed by atoms with Crippen LogP contribution < -0.4 is 34.4 Å². The zero-order chi connectivity index (χ0) is 22.5. The molecule has 14 N–H and O–H groups in total. The Morgan fingerprint density at radius 3 is 1.18 bits per heavy atom. The maximum atomic E-state index is 11.7. The average molecular weight is 408 g/mol. The Balaban J connectivity index is 4.81. The van der Waals surface area contributed by atoms with Crippen molar-refractivity contribution in [2.75, 3.05) is 0 Å². The van der Waals surface area contributed by atoms with E-state index in [-0.39, 0.29) is 0 Å². The first-order valence-electron chi connectivity index (χ1n) is 7.09. The summed E-state index contributed by atoms with van der Waals surface area (Å²) in [7, 11) is 0. The van der Waals surface area contributed by atoms with Crippen molar-refractivity contribution in [3.8, 4) is 0 Å². The third kappa shape index (κ3) is 7.70. The highest BCUT2D eigenvalue weighted by Gasteiger charge is 2.40. The van der Waals surface area contributed by atoms with Gasteiger partial charge in [0.25, 0.3) is 0 Å². The number of carbonyl (C=O) groups is 6. The fraction of sp³-hybridized carbons (Fsp3) is 0.500. The van der Waals surface area contributed by atoms with Crippen molar-refractivity contribution >= 4 is 35.8 Å². The lowest BCUT2D eigenvalue weighted by molar-refractivity contribution is -0.171. The van der Waals surface area contributed by atoms with Crippen LogP contribution in [-0.2, 0) is 38.2 Å². The molecular formula is C12H20N6O10. The largest absolute Gasteiger partial charge is 0.479 e. The molecule has 28 heavy (non-hydrogen) atoms. The average Bonchev–Trinajstić information content (AvgIpc) is 2.44. The topological polar surface area (TPSA) is 317 Å². The standard InChI is InChI=1S/C12H20N6O10/c13-10(14,7(22)23)1-4(19)27-5(20)3-12(17,18)9(26)28-6(21)2-11(15,16)8(24)25/h1-3,13-18H2,(H,22,23)(H,24,25). The highest BCUT2D eigenvalue weighted by Crippen LogP contribution is 2.09. The molecule has 0 saturated carbocycles. The first-order valence-corrected chi connectivity index (χ1v) is 7.09. The Bertz CT molecular complexity index is 701. The van der Waals surface area contributed by atoms with Gasteiger partial charge in [-0.25, -0.2) is 14.4 Å². The number of carbonyl (C=O) groups excluding carboxylic acids is 4. The van der Waals surface area contributed by atoms with Crippen molar-refractivity contribution in [2.45, 2.75) is 36.3 Å². The Morgan fingerprint density at radius 2 is 0.857 bits per heavy atom. The van der Waals surface area contributed by atoms with Crippen molar-refractivity contribution in [3.63, 3.8) is 0 Å². The van der Waals surface area contributed by atoms with Gasteiger partial charge in [0.05, 0.1) is 19.3 Å². The maximum Gasteiger partial charge on any atom is 0.349 e. The van der Waals surface area contributed by atoms with Crippen LogP contribution in [0.2, 0.25) is 0 Å².